The molecule has 2 atom stereocenters. The largest absolute Gasteiger partial charge is 0.486 e. The van der Waals surface area contributed by atoms with Crippen LogP contribution in [0.4, 0.5) is 5.69 Å². The van der Waals surface area contributed by atoms with Gasteiger partial charge in [-0.1, -0.05) is 13.0 Å². The highest BCUT2D eigenvalue weighted by Gasteiger charge is 2.32. The van der Waals surface area contributed by atoms with Crippen LogP contribution in [-0.2, 0) is 11.2 Å². The number of ether oxygens (including phenoxy) is 2. The second-order valence-corrected chi connectivity index (χ2v) is 4.45. The number of fused-ring (bicyclic) bond motifs is 2. The monoisotopic (exact) mass is 219 g/mol. The Balaban J connectivity index is 1.89. The second-order valence-electron chi connectivity index (χ2n) is 4.45. The minimum Gasteiger partial charge on any atom is -0.486 e. The van der Waals surface area contributed by atoms with Crippen LogP contribution in [0.5, 0.6) is 5.75 Å². The standard InChI is InChI=1S/C13H17NO2/c1-2-9-3-4-12-10(7-9)14-11-8-15-6-5-13(11)16-12/h3-4,7,11,13-14H,2,5-6,8H2,1H3. The fourth-order valence-corrected chi connectivity index (χ4v) is 2.37. The molecule has 2 aliphatic heterocycles. The Morgan fingerprint density at radius 2 is 2.38 bits per heavy atom. The van der Waals surface area contributed by atoms with Gasteiger partial charge in [0, 0.05) is 6.42 Å². The number of hydrogen-bond acceptors (Lipinski definition) is 3. The lowest BCUT2D eigenvalue weighted by Gasteiger charge is -2.38. The summed E-state index contributed by atoms with van der Waals surface area (Å²) < 4.78 is 11.5. The van der Waals surface area contributed by atoms with Gasteiger partial charge >= 0.3 is 0 Å². The molecule has 1 aromatic carbocycles. The van der Waals surface area contributed by atoms with E-state index in [0.29, 0.717) is 6.04 Å². The highest BCUT2D eigenvalue weighted by Crippen LogP contribution is 2.34. The van der Waals surface area contributed by atoms with Crippen LogP contribution in [0.25, 0.3) is 0 Å². The molecule has 1 saturated heterocycles. The zero-order valence-electron chi connectivity index (χ0n) is 9.53. The van der Waals surface area contributed by atoms with Crippen molar-refractivity contribution in [2.45, 2.75) is 31.9 Å². The summed E-state index contributed by atoms with van der Waals surface area (Å²) in [6.45, 7) is 3.73. The van der Waals surface area contributed by atoms with Crippen LogP contribution in [0.3, 0.4) is 0 Å². The number of rotatable bonds is 1. The van der Waals surface area contributed by atoms with Gasteiger partial charge in [-0.15, -0.1) is 0 Å². The average Bonchev–Trinajstić information content (AvgIpc) is 2.35. The van der Waals surface area contributed by atoms with E-state index >= 15 is 0 Å². The fraction of sp³-hybridized carbons (Fsp3) is 0.538. The molecule has 0 spiro atoms. The Labute approximate surface area is 95.8 Å². The van der Waals surface area contributed by atoms with E-state index in [4.69, 9.17) is 9.47 Å². The van der Waals surface area contributed by atoms with Crippen molar-refractivity contribution in [3.8, 4) is 5.75 Å². The van der Waals surface area contributed by atoms with E-state index < -0.39 is 0 Å². The number of hydrogen-bond donors (Lipinski definition) is 1. The number of anilines is 1. The van der Waals surface area contributed by atoms with Crippen molar-refractivity contribution >= 4 is 5.69 Å². The predicted molar refractivity (Wildman–Crippen MR) is 63.1 cm³/mol. The summed E-state index contributed by atoms with van der Waals surface area (Å²) in [5.74, 6) is 0.986. The number of nitrogens with one attached hydrogen (secondary N) is 1. The molecule has 2 aliphatic rings. The number of benzene rings is 1. The van der Waals surface area contributed by atoms with Crippen LogP contribution in [-0.4, -0.2) is 25.4 Å². The van der Waals surface area contributed by atoms with Gasteiger partial charge in [-0.25, -0.2) is 0 Å². The lowest BCUT2D eigenvalue weighted by molar-refractivity contribution is 0.00990. The molecule has 86 valence electrons. The summed E-state index contributed by atoms with van der Waals surface area (Å²) in [7, 11) is 0. The molecule has 3 rings (SSSR count). The van der Waals surface area contributed by atoms with Crippen LogP contribution < -0.4 is 10.1 Å². The fourth-order valence-electron chi connectivity index (χ4n) is 2.37. The van der Waals surface area contributed by atoms with E-state index in [-0.39, 0.29) is 6.10 Å². The maximum absolute atomic E-state index is 5.99. The van der Waals surface area contributed by atoms with Crippen LogP contribution in [0.15, 0.2) is 18.2 Å². The van der Waals surface area contributed by atoms with Crippen molar-refractivity contribution in [3.63, 3.8) is 0 Å². The van der Waals surface area contributed by atoms with Gasteiger partial charge in [-0.2, -0.15) is 0 Å². The quantitative estimate of drug-likeness (QED) is 0.785. The molecule has 1 N–H and O–H groups in total. The summed E-state index contributed by atoms with van der Waals surface area (Å²) in [5, 5.41) is 3.52. The topological polar surface area (TPSA) is 30.5 Å². The molecule has 3 nitrogen and oxygen atoms in total. The Morgan fingerprint density at radius 1 is 1.44 bits per heavy atom. The Bertz CT molecular complexity index is 392. The molecule has 0 aliphatic carbocycles. The lowest BCUT2D eigenvalue weighted by Crippen LogP contribution is -2.48. The molecule has 1 fully saturated rings. The Kier molecular flexibility index (Phi) is 2.48. The van der Waals surface area contributed by atoms with E-state index in [0.717, 1.165) is 37.5 Å². The molecule has 0 radical (unpaired) electrons. The first-order valence-electron chi connectivity index (χ1n) is 6.00. The lowest BCUT2D eigenvalue weighted by atomic mass is 10.0. The smallest absolute Gasteiger partial charge is 0.142 e. The van der Waals surface area contributed by atoms with Gasteiger partial charge in [0.2, 0.25) is 0 Å². The molecule has 0 amide bonds. The summed E-state index contributed by atoms with van der Waals surface area (Å²) in [4.78, 5) is 0. The third-order valence-electron chi connectivity index (χ3n) is 3.36. The van der Waals surface area contributed by atoms with Gasteiger partial charge in [0.05, 0.1) is 24.9 Å². The summed E-state index contributed by atoms with van der Waals surface area (Å²) in [6, 6.07) is 6.71. The molecular weight excluding hydrogens is 202 g/mol. The van der Waals surface area contributed by atoms with Crippen molar-refractivity contribution in [2.24, 2.45) is 0 Å². The molecule has 0 bridgehead atoms. The van der Waals surface area contributed by atoms with E-state index in [1.54, 1.807) is 0 Å². The van der Waals surface area contributed by atoms with Crippen LogP contribution >= 0.6 is 0 Å². The molecule has 2 unspecified atom stereocenters. The summed E-state index contributed by atoms with van der Waals surface area (Å²) in [5.41, 5.74) is 2.45. The Morgan fingerprint density at radius 3 is 3.25 bits per heavy atom. The van der Waals surface area contributed by atoms with Gasteiger partial charge in [-0.3, -0.25) is 0 Å². The van der Waals surface area contributed by atoms with E-state index in [1.165, 1.54) is 5.56 Å². The third-order valence-corrected chi connectivity index (χ3v) is 3.36. The van der Waals surface area contributed by atoms with Crippen molar-refractivity contribution < 1.29 is 9.47 Å². The molecule has 3 heteroatoms. The molecule has 0 aromatic heterocycles. The molecule has 1 aromatic rings. The van der Waals surface area contributed by atoms with Gasteiger partial charge < -0.3 is 14.8 Å². The summed E-state index contributed by atoms with van der Waals surface area (Å²) in [6.07, 6.45) is 2.31. The predicted octanol–water partition coefficient (Wildman–Crippen LogP) is 2.21. The van der Waals surface area contributed by atoms with Gasteiger partial charge in [0.1, 0.15) is 11.9 Å². The second kappa shape index (κ2) is 3.98. The van der Waals surface area contributed by atoms with Crippen molar-refractivity contribution in [1.82, 2.24) is 0 Å². The minimum absolute atomic E-state index is 0.272. The Hall–Kier alpha value is -1.22. The molecule has 16 heavy (non-hydrogen) atoms. The van der Waals surface area contributed by atoms with Crippen LogP contribution in [0.1, 0.15) is 18.9 Å². The highest BCUT2D eigenvalue weighted by atomic mass is 16.5. The van der Waals surface area contributed by atoms with E-state index in [9.17, 15) is 0 Å². The maximum atomic E-state index is 5.99. The van der Waals surface area contributed by atoms with E-state index in [1.807, 2.05) is 0 Å². The first kappa shape index (κ1) is 9.97. The highest BCUT2D eigenvalue weighted by molar-refractivity contribution is 5.60. The number of aryl methyl sites for hydroxylation is 1. The van der Waals surface area contributed by atoms with Gasteiger partial charge in [0.25, 0.3) is 0 Å². The maximum Gasteiger partial charge on any atom is 0.142 e. The molecule has 2 heterocycles. The molecule has 0 saturated carbocycles. The first-order chi connectivity index (χ1) is 7.86. The normalized spacial score (nSPS) is 27.3. The third kappa shape index (κ3) is 1.65. The molecular formula is C13H17NO2. The summed E-state index contributed by atoms with van der Waals surface area (Å²) >= 11 is 0. The first-order valence-corrected chi connectivity index (χ1v) is 6.00. The van der Waals surface area contributed by atoms with Crippen LogP contribution in [0, 0.1) is 0 Å². The van der Waals surface area contributed by atoms with Crippen molar-refractivity contribution in [1.29, 1.82) is 0 Å². The zero-order valence-corrected chi connectivity index (χ0v) is 9.53. The van der Waals surface area contributed by atoms with Crippen molar-refractivity contribution in [3.05, 3.63) is 23.8 Å². The SMILES string of the molecule is CCc1ccc2c(c1)NC1COCCC1O2. The van der Waals surface area contributed by atoms with Gasteiger partial charge in [0.15, 0.2) is 0 Å². The average molecular weight is 219 g/mol. The van der Waals surface area contributed by atoms with Gasteiger partial charge in [-0.05, 0) is 24.1 Å². The minimum atomic E-state index is 0.272. The van der Waals surface area contributed by atoms with E-state index in [2.05, 4.69) is 30.4 Å². The zero-order chi connectivity index (χ0) is 11.0. The van der Waals surface area contributed by atoms with Crippen LogP contribution in [0.2, 0.25) is 0 Å². The van der Waals surface area contributed by atoms with Crippen molar-refractivity contribution in [2.75, 3.05) is 18.5 Å².